The molecule has 0 radical (unpaired) electrons. The van der Waals surface area contributed by atoms with Gasteiger partial charge >= 0.3 is 5.97 Å². The molecule has 0 aliphatic rings. The fraction of sp³-hybridized carbons (Fsp3) is 0.833. The van der Waals surface area contributed by atoms with Gasteiger partial charge in [0, 0.05) is 11.8 Å². The number of rotatable bonds is 8. The maximum atomic E-state index is 11.7. The van der Waals surface area contributed by atoms with E-state index in [1.807, 2.05) is 13.8 Å². The maximum absolute atomic E-state index is 11.7. The van der Waals surface area contributed by atoms with Gasteiger partial charge in [0.25, 0.3) is 0 Å². The number of carbonyl (C=O) groups excluding carboxylic acids is 2. The molecule has 100 valence electrons. The fourth-order valence-corrected chi connectivity index (χ4v) is 2.44. The van der Waals surface area contributed by atoms with Crippen LogP contribution >= 0.6 is 11.8 Å². The molecule has 0 bridgehead atoms. The number of ether oxygens (including phenoxy) is 1. The van der Waals surface area contributed by atoms with Crippen LogP contribution in [0.15, 0.2) is 0 Å². The molecular formula is C12H23NO3S. The van der Waals surface area contributed by atoms with Crippen molar-refractivity contribution in [2.45, 2.75) is 50.5 Å². The number of unbranched alkanes of at least 4 members (excludes halogenated alkanes) is 1. The molecule has 0 saturated heterocycles. The van der Waals surface area contributed by atoms with Crippen LogP contribution in [0.5, 0.6) is 0 Å². The summed E-state index contributed by atoms with van der Waals surface area (Å²) < 4.78 is 4.59. The van der Waals surface area contributed by atoms with E-state index >= 15 is 0 Å². The van der Waals surface area contributed by atoms with Crippen molar-refractivity contribution in [3.63, 3.8) is 0 Å². The second-order valence-corrected chi connectivity index (χ2v) is 5.80. The second-order valence-electron chi connectivity index (χ2n) is 4.01. The minimum atomic E-state index is -0.233. The summed E-state index contributed by atoms with van der Waals surface area (Å²) in [5.74, 6) is -0.191. The van der Waals surface area contributed by atoms with Crippen molar-refractivity contribution in [3.8, 4) is 0 Å². The summed E-state index contributed by atoms with van der Waals surface area (Å²) in [6.07, 6.45) is 2.41. The Hall–Kier alpha value is -0.710. The van der Waals surface area contributed by atoms with Crippen molar-refractivity contribution in [2.75, 3.05) is 13.7 Å². The lowest BCUT2D eigenvalue weighted by atomic mass is 10.3. The molecule has 2 unspecified atom stereocenters. The molecule has 0 fully saturated rings. The number of thioether (sulfide) groups is 1. The highest BCUT2D eigenvalue weighted by atomic mass is 32.2. The molecule has 5 heteroatoms. The molecule has 1 amide bonds. The van der Waals surface area contributed by atoms with Gasteiger partial charge in [0.15, 0.2) is 0 Å². The van der Waals surface area contributed by atoms with Crippen LogP contribution in [-0.4, -0.2) is 36.0 Å². The number of esters is 1. The van der Waals surface area contributed by atoms with Crippen molar-refractivity contribution in [1.29, 1.82) is 0 Å². The Labute approximate surface area is 108 Å². The third kappa shape index (κ3) is 8.07. The molecule has 4 nitrogen and oxygen atoms in total. The SMILES string of the molecule is CCCCNC(=O)C(C)SC(C)CC(=O)OC. The van der Waals surface area contributed by atoms with Crippen LogP contribution < -0.4 is 5.32 Å². The monoisotopic (exact) mass is 261 g/mol. The molecule has 0 aromatic rings. The van der Waals surface area contributed by atoms with Crippen LogP contribution in [0.4, 0.5) is 0 Å². The first-order chi connectivity index (χ1) is 8.01. The highest BCUT2D eigenvalue weighted by Gasteiger charge is 2.18. The third-order valence-corrected chi connectivity index (χ3v) is 3.57. The van der Waals surface area contributed by atoms with Crippen LogP contribution in [0.1, 0.15) is 40.0 Å². The van der Waals surface area contributed by atoms with Gasteiger partial charge in [-0.3, -0.25) is 9.59 Å². The minimum absolute atomic E-state index is 0.0418. The molecular weight excluding hydrogens is 238 g/mol. The predicted octanol–water partition coefficient (Wildman–Crippen LogP) is 1.98. The van der Waals surface area contributed by atoms with Crippen molar-refractivity contribution in [1.82, 2.24) is 5.32 Å². The van der Waals surface area contributed by atoms with Gasteiger partial charge in [0.1, 0.15) is 0 Å². The van der Waals surface area contributed by atoms with Gasteiger partial charge in [-0.15, -0.1) is 11.8 Å². The Bertz CT molecular complexity index is 246. The highest BCUT2D eigenvalue weighted by Crippen LogP contribution is 2.20. The molecule has 0 aliphatic heterocycles. The van der Waals surface area contributed by atoms with Crippen molar-refractivity contribution >= 4 is 23.6 Å². The van der Waals surface area contributed by atoms with Gasteiger partial charge in [-0.2, -0.15) is 0 Å². The van der Waals surface area contributed by atoms with Gasteiger partial charge in [-0.1, -0.05) is 20.3 Å². The summed E-state index contributed by atoms with van der Waals surface area (Å²) in [6.45, 7) is 6.60. The first-order valence-corrected chi connectivity index (χ1v) is 6.95. The van der Waals surface area contributed by atoms with Gasteiger partial charge in [0.05, 0.1) is 18.8 Å². The Kier molecular flexibility index (Phi) is 8.94. The van der Waals surface area contributed by atoms with E-state index in [1.54, 1.807) is 0 Å². The number of carbonyl (C=O) groups is 2. The van der Waals surface area contributed by atoms with Crippen molar-refractivity contribution in [2.24, 2.45) is 0 Å². The average molecular weight is 261 g/mol. The number of hydrogen-bond acceptors (Lipinski definition) is 4. The zero-order chi connectivity index (χ0) is 13.3. The number of hydrogen-bond donors (Lipinski definition) is 1. The Morgan fingerprint density at radius 2 is 2.00 bits per heavy atom. The lowest BCUT2D eigenvalue weighted by Crippen LogP contribution is -2.32. The molecule has 0 rings (SSSR count). The normalized spacial score (nSPS) is 13.9. The number of methoxy groups -OCH3 is 1. The van der Waals surface area contributed by atoms with E-state index in [9.17, 15) is 9.59 Å². The summed E-state index contributed by atoms with van der Waals surface area (Å²) in [7, 11) is 1.38. The van der Waals surface area contributed by atoms with E-state index in [1.165, 1.54) is 18.9 Å². The summed E-state index contributed by atoms with van der Waals surface area (Å²) in [5, 5.41) is 2.84. The maximum Gasteiger partial charge on any atom is 0.306 e. The van der Waals surface area contributed by atoms with E-state index in [2.05, 4.69) is 17.0 Å². The summed E-state index contributed by atoms with van der Waals surface area (Å²) in [5.41, 5.74) is 0. The van der Waals surface area contributed by atoms with Crippen LogP contribution in [0.25, 0.3) is 0 Å². The topological polar surface area (TPSA) is 55.4 Å². The number of nitrogens with one attached hydrogen (secondary N) is 1. The first kappa shape index (κ1) is 16.3. The molecule has 1 N–H and O–H groups in total. The van der Waals surface area contributed by atoms with Gasteiger partial charge in [-0.05, 0) is 13.3 Å². The predicted molar refractivity (Wildman–Crippen MR) is 71.1 cm³/mol. The highest BCUT2D eigenvalue weighted by molar-refractivity contribution is 8.01. The van der Waals surface area contributed by atoms with E-state index < -0.39 is 0 Å². The zero-order valence-electron chi connectivity index (χ0n) is 11.1. The van der Waals surface area contributed by atoms with Crippen LogP contribution in [0.2, 0.25) is 0 Å². The molecule has 0 aromatic carbocycles. The summed E-state index contributed by atoms with van der Waals surface area (Å²) in [6, 6.07) is 0. The van der Waals surface area contributed by atoms with E-state index in [0.29, 0.717) is 6.42 Å². The van der Waals surface area contributed by atoms with E-state index in [0.717, 1.165) is 19.4 Å². The summed E-state index contributed by atoms with van der Waals surface area (Å²) in [4.78, 5) is 22.7. The second kappa shape index (κ2) is 9.33. The van der Waals surface area contributed by atoms with Gasteiger partial charge < -0.3 is 10.1 Å². The smallest absolute Gasteiger partial charge is 0.306 e. The molecule has 0 spiro atoms. The van der Waals surface area contributed by atoms with E-state index in [-0.39, 0.29) is 22.4 Å². The minimum Gasteiger partial charge on any atom is -0.469 e. The zero-order valence-corrected chi connectivity index (χ0v) is 11.9. The van der Waals surface area contributed by atoms with Crippen molar-refractivity contribution in [3.05, 3.63) is 0 Å². The molecule has 0 saturated carbocycles. The number of amides is 1. The summed E-state index contributed by atoms with van der Waals surface area (Å²) >= 11 is 1.50. The largest absolute Gasteiger partial charge is 0.469 e. The van der Waals surface area contributed by atoms with Gasteiger partial charge in [0.2, 0.25) is 5.91 Å². The first-order valence-electron chi connectivity index (χ1n) is 6.01. The van der Waals surface area contributed by atoms with Crippen LogP contribution in [-0.2, 0) is 14.3 Å². The Morgan fingerprint density at radius 3 is 2.53 bits per heavy atom. The third-order valence-electron chi connectivity index (χ3n) is 2.32. The lowest BCUT2D eigenvalue weighted by Gasteiger charge is -2.16. The lowest BCUT2D eigenvalue weighted by molar-refractivity contribution is -0.140. The molecule has 0 aliphatic carbocycles. The van der Waals surface area contributed by atoms with Crippen molar-refractivity contribution < 1.29 is 14.3 Å². The molecule has 0 aromatic heterocycles. The van der Waals surface area contributed by atoms with Gasteiger partial charge in [-0.25, -0.2) is 0 Å². The Balaban J connectivity index is 3.85. The molecule has 0 heterocycles. The quantitative estimate of drug-likeness (QED) is 0.536. The van der Waals surface area contributed by atoms with Crippen LogP contribution in [0, 0.1) is 0 Å². The molecule has 17 heavy (non-hydrogen) atoms. The average Bonchev–Trinajstić information content (AvgIpc) is 2.28. The van der Waals surface area contributed by atoms with E-state index in [4.69, 9.17) is 0 Å². The van der Waals surface area contributed by atoms with Crippen LogP contribution in [0.3, 0.4) is 0 Å². The standard InChI is InChI=1S/C12H23NO3S/c1-5-6-7-13-12(15)10(3)17-9(2)8-11(14)16-4/h9-10H,5-8H2,1-4H3,(H,13,15). The fourth-order valence-electron chi connectivity index (χ4n) is 1.31. The Morgan fingerprint density at radius 1 is 1.35 bits per heavy atom. The molecule has 2 atom stereocenters.